The Morgan fingerprint density at radius 3 is 2.06 bits per heavy atom. The van der Waals surface area contributed by atoms with Gasteiger partial charge in [0.2, 0.25) is 5.91 Å². The monoisotopic (exact) mass is 229 g/mol. The van der Waals surface area contributed by atoms with Crippen LogP contribution in [0, 0.1) is 0 Å². The largest absolute Gasteiger partial charge is 0.356 e. The third-order valence-corrected chi connectivity index (χ3v) is 3.62. The highest BCUT2D eigenvalue weighted by atomic mass is 16.1. The molecule has 0 atom stereocenters. The molecule has 0 aliphatic carbocycles. The van der Waals surface area contributed by atoms with Crippen molar-refractivity contribution in [2.75, 3.05) is 32.7 Å². The van der Waals surface area contributed by atoms with Crippen molar-refractivity contribution in [1.29, 1.82) is 0 Å². The summed E-state index contributed by atoms with van der Waals surface area (Å²) in [5.74, 6) is 0.199. The van der Waals surface area contributed by atoms with Crippen molar-refractivity contribution in [1.82, 2.24) is 5.32 Å². The van der Waals surface area contributed by atoms with E-state index in [9.17, 15) is 4.79 Å². The summed E-state index contributed by atoms with van der Waals surface area (Å²) in [6.45, 7) is 14.4. The molecule has 0 bridgehead atoms. The summed E-state index contributed by atoms with van der Waals surface area (Å²) in [7, 11) is 0. The van der Waals surface area contributed by atoms with Crippen LogP contribution in [0.4, 0.5) is 0 Å². The van der Waals surface area contributed by atoms with Gasteiger partial charge in [0.15, 0.2) is 0 Å². The Bertz CT molecular complexity index is 180. The van der Waals surface area contributed by atoms with Gasteiger partial charge < -0.3 is 9.80 Å². The number of hydrogen-bond acceptors (Lipinski definition) is 1. The van der Waals surface area contributed by atoms with Crippen molar-refractivity contribution in [3.63, 3.8) is 0 Å². The van der Waals surface area contributed by atoms with Crippen LogP contribution in [0.2, 0.25) is 0 Å². The Morgan fingerprint density at radius 2 is 1.62 bits per heavy atom. The third-order valence-electron chi connectivity index (χ3n) is 3.62. The predicted molar refractivity (Wildman–Crippen MR) is 69.3 cm³/mol. The summed E-state index contributed by atoms with van der Waals surface area (Å²) < 4.78 is 1.17. The summed E-state index contributed by atoms with van der Waals surface area (Å²) in [4.78, 5) is 11.3. The average molecular weight is 229 g/mol. The molecular weight excluding hydrogens is 200 g/mol. The topological polar surface area (TPSA) is 29.1 Å². The molecule has 0 heterocycles. The number of amides is 1. The van der Waals surface area contributed by atoms with Gasteiger partial charge in [-0.1, -0.05) is 6.92 Å². The summed E-state index contributed by atoms with van der Waals surface area (Å²) in [5, 5.41) is 2.98. The van der Waals surface area contributed by atoms with Crippen molar-refractivity contribution >= 4 is 5.91 Å². The highest BCUT2D eigenvalue weighted by Crippen LogP contribution is 2.06. The van der Waals surface area contributed by atoms with Crippen molar-refractivity contribution in [3.8, 4) is 0 Å². The standard InChI is InChI=1S/C13H28N2O/c1-5-10-13(16)14-11-9-12-15(6-2,7-3)8-4/h5-12H2,1-4H3/p+1. The number of carbonyl (C=O) groups excluding carboxylic acids is 1. The Morgan fingerprint density at radius 1 is 1.06 bits per heavy atom. The van der Waals surface area contributed by atoms with Crippen LogP contribution in [0.1, 0.15) is 47.0 Å². The van der Waals surface area contributed by atoms with E-state index in [2.05, 4.69) is 26.1 Å². The molecule has 0 fully saturated rings. The molecule has 1 amide bonds. The summed E-state index contributed by atoms with van der Waals surface area (Å²) in [6, 6.07) is 0. The number of nitrogens with one attached hydrogen (secondary N) is 1. The SMILES string of the molecule is CCCC(=O)NCCC[N+](CC)(CC)CC. The number of carbonyl (C=O) groups is 1. The van der Waals surface area contributed by atoms with E-state index in [0.717, 1.165) is 19.4 Å². The van der Waals surface area contributed by atoms with Gasteiger partial charge in [0.25, 0.3) is 0 Å². The lowest BCUT2D eigenvalue weighted by Crippen LogP contribution is -2.48. The second-order valence-electron chi connectivity index (χ2n) is 4.47. The van der Waals surface area contributed by atoms with E-state index in [-0.39, 0.29) is 5.91 Å². The maximum absolute atomic E-state index is 11.3. The van der Waals surface area contributed by atoms with Crippen LogP contribution in [0.15, 0.2) is 0 Å². The lowest BCUT2D eigenvalue weighted by molar-refractivity contribution is -0.923. The van der Waals surface area contributed by atoms with Crippen LogP contribution >= 0.6 is 0 Å². The van der Waals surface area contributed by atoms with E-state index >= 15 is 0 Å². The minimum atomic E-state index is 0.199. The molecule has 16 heavy (non-hydrogen) atoms. The zero-order valence-corrected chi connectivity index (χ0v) is 11.5. The molecular formula is C13H29N2O+. The van der Waals surface area contributed by atoms with Crippen molar-refractivity contribution in [3.05, 3.63) is 0 Å². The zero-order valence-electron chi connectivity index (χ0n) is 11.5. The molecule has 0 aliphatic heterocycles. The molecule has 0 saturated heterocycles. The molecule has 0 radical (unpaired) electrons. The molecule has 96 valence electrons. The van der Waals surface area contributed by atoms with E-state index in [1.165, 1.54) is 30.7 Å². The van der Waals surface area contributed by atoms with E-state index in [4.69, 9.17) is 0 Å². The van der Waals surface area contributed by atoms with E-state index in [1.54, 1.807) is 0 Å². The zero-order chi connectivity index (χ0) is 12.4. The highest BCUT2D eigenvalue weighted by molar-refractivity contribution is 5.75. The van der Waals surface area contributed by atoms with Crippen LogP contribution in [0.25, 0.3) is 0 Å². The summed E-state index contributed by atoms with van der Waals surface area (Å²) in [6.07, 6.45) is 2.69. The van der Waals surface area contributed by atoms with Crippen LogP contribution in [-0.2, 0) is 4.79 Å². The smallest absolute Gasteiger partial charge is 0.219 e. The lowest BCUT2D eigenvalue weighted by atomic mass is 10.2. The van der Waals surface area contributed by atoms with Crippen molar-refractivity contribution in [2.45, 2.75) is 47.0 Å². The van der Waals surface area contributed by atoms with Gasteiger partial charge in [0, 0.05) is 19.4 Å². The third kappa shape index (κ3) is 5.50. The van der Waals surface area contributed by atoms with Gasteiger partial charge in [-0.2, -0.15) is 0 Å². The van der Waals surface area contributed by atoms with Crippen LogP contribution in [0.3, 0.4) is 0 Å². The quantitative estimate of drug-likeness (QED) is 0.476. The molecule has 0 aliphatic rings. The minimum absolute atomic E-state index is 0.199. The Hall–Kier alpha value is -0.570. The van der Waals surface area contributed by atoms with Gasteiger partial charge in [-0.3, -0.25) is 4.79 Å². The first-order chi connectivity index (χ1) is 7.64. The maximum atomic E-state index is 11.3. The van der Waals surface area contributed by atoms with Gasteiger partial charge in [-0.25, -0.2) is 0 Å². The molecule has 0 unspecified atom stereocenters. The molecule has 0 aromatic rings. The Labute approximate surface area is 101 Å². The normalized spacial score (nSPS) is 11.5. The van der Waals surface area contributed by atoms with Gasteiger partial charge in [-0.15, -0.1) is 0 Å². The first-order valence-corrected chi connectivity index (χ1v) is 6.75. The molecule has 3 nitrogen and oxygen atoms in total. The fourth-order valence-corrected chi connectivity index (χ4v) is 2.10. The van der Waals surface area contributed by atoms with E-state index in [0.29, 0.717) is 6.42 Å². The van der Waals surface area contributed by atoms with Crippen LogP contribution in [-0.4, -0.2) is 43.1 Å². The Balaban J connectivity index is 3.74. The average Bonchev–Trinajstić information content (AvgIpc) is 2.31. The molecule has 0 saturated carbocycles. The first-order valence-electron chi connectivity index (χ1n) is 6.75. The fourth-order valence-electron chi connectivity index (χ4n) is 2.10. The molecule has 0 spiro atoms. The highest BCUT2D eigenvalue weighted by Gasteiger charge is 2.19. The number of hydrogen-bond donors (Lipinski definition) is 1. The van der Waals surface area contributed by atoms with Gasteiger partial charge in [0.1, 0.15) is 0 Å². The second kappa shape index (κ2) is 8.57. The van der Waals surface area contributed by atoms with Crippen LogP contribution < -0.4 is 5.32 Å². The van der Waals surface area contributed by atoms with Crippen molar-refractivity contribution in [2.24, 2.45) is 0 Å². The van der Waals surface area contributed by atoms with E-state index in [1.807, 2.05) is 6.92 Å². The number of nitrogens with zero attached hydrogens (tertiary/aromatic N) is 1. The molecule has 0 rings (SSSR count). The van der Waals surface area contributed by atoms with Crippen LogP contribution in [0.5, 0.6) is 0 Å². The fraction of sp³-hybridized carbons (Fsp3) is 0.923. The maximum Gasteiger partial charge on any atom is 0.219 e. The minimum Gasteiger partial charge on any atom is -0.356 e. The number of quaternary nitrogens is 1. The summed E-state index contributed by atoms with van der Waals surface area (Å²) >= 11 is 0. The molecule has 1 N–H and O–H groups in total. The lowest BCUT2D eigenvalue weighted by Gasteiger charge is -2.35. The second-order valence-corrected chi connectivity index (χ2v) is 4.47. The predicted octanol–water partition coefficient (Wildman–Crippen LogP) is 2.17. The summed E-state index contributed by atoms with van der Waals surface area (Å²) in [5.41, 5.74) is 0. The van der Waals surface area contributed by atoms with Gasteiger partial charge >= 0.3 is 0 Å². The van der Waals surface area contributed by atoms with Gasteiger partial charge in [-0.05, 0) is 27.2 Å². The molecule has 0 aromatic carbocycles. The molecule has 3 heteroatoms. The molecule has 0 aromatic heterocycles. The van der Waals surface area contributed by atoms with E-state index < -0.39 is 0 Å². The Kier molecular flexibility index (Phi) is 8.26. The number of rotatable bonds is 9. The van der Waals surface area contributed by atoms with Gasteiger partial charge in [0.05, 0.1) is 26.2 Å². The van der Waals surface area contributed by atoms with Crippen molar-refractivity contribution < 1.29 is 9.28 Å². The first kappa shape index (κ1) is 15.4.